The zero-order chi connectivity index (χ0) is 12.7. The van der Waals surface area contributed by atoms with E-state index in [0.29, 0.717) is 5.69 Å². The number of carbonyl (C=O) groups excluding carboxylic acids is 1. The molecule has 0 saturated carbocycles. The molecule has 0 spiro atoms. The van der Waals surface area contributed by atoms with Crippen molar-refractivity contribution in [2.24, 2.45) is 0 Å². The highest BCUT2D eigenvalue weighted by Crippen LogP contribution is 2.28. The van der Waals surface area contributed by atoms with E-state index in [0.717, 1.165) is 5.65 Å². The van der Waals surface area contributed by atoms with Crippen LogP contribution in [0.5, 0.6) is 0 Å². The van der Waals surface area contributed by atoms with Crippen LogP contribution in [0.3, 0.4) is 0 Å². The zero-order valence-corrected chi connectivity index (χ0v) is 9.41. The molecule has 18 heavy (non-hydrogen) atoms. The summed E-state index contributed by atoms with van der Waals surface area (Å²) in [5, 5.41) is 11.5. The quantitative estimate of drug-likeness (QED) is 0.801. The number of nitrogens with zero attached hydrogens (tertiary/aromatic N) is 2. The Kier molecular flexibility index (Phi) is 2.29. The first-order valence-corrected chi connectivity index (χ1v) is 5.61. The Hall–Kier alpha value is -2.37. The van der Waals surface area contributed by atoms with E-state index in [-0.39, 0.29) is 12.3 Å². The summed E-state index contributed by atoms with van der Waals surface area (Å²) in [5.41, 5.74) is 1.38. The fourth-order valence-electron chi connectivity index (χ4n) is 2.29. The molecule has 1 aliphatic rings. The van der Waals surface area contributed by atoms with E-state index in [1.807, 2.05) is 28.8 Å². The third-order valence-electron chi connectivity index (χ3n) is 3.15. The Bertz CT molecular complexity index is 601. The number of hydrogen-bond acceptors (Lipinski definition) is 3. The SMILES string of the molecule is O=C1CC(c2cn3ccccc3n2)C(C(=O)O)N1. The van der Waals surface area contributed by atoms with Crippen LogP contribution in [0.4, 0.5) is 0 Å². The van der Waals surface area contributed by atoms with Gasteiger partial charge in [-0.05, 0) is 12.1 Å². The molecule has 2 aromatic heterocycles. The smallest absolute Gasteiger partial charge is 0.326 e. The summed E-state index contributed by atoms with van der Waals surface area (Å²) in [5.74, 6) is -1.68. The van der Waals surface area contributed by atoms with Crippen LogP contribution in [0.25, 0.3) is 5.65 Å². The number of nitrogens with one attached hydrogen (secondary N) is 1. The molecule has 2 aromatic rings. The van der Waals surface area contributed by atoms with E-state index >= 15 is 0 Å². The molecule has 2 N–H and O–H groups in total. The van der Waals surface area contributed by atoms with Gasteiger partial charge in [-0.3, -0.25) is 4.79 Å². The Morgan fingerprint density at radius 2 is 2.33 bits per heavy atom. The van der Waals surface area contributed by atoms with Crippen LogP contribution < -0.4 is 5.32 Å². The van der Waals surface area contributed by atoms with Crippen LogP contribution >= 0.6 is 0 Å². The van der Waals surface area contributed by atoms with Gasteiger partial charge < -0.3 is 14.8 Å². The summed E-state index contributed by atoms with van der Waals surface area (Å²) < 4.78 is 1.82. The first-order valence-electron chi connectivity index (χ1n) is 5.61. The van der Waals surface area contributed by atoms with Crippen LogP contribution in [0.15, 0.2) is 30.6 Å². The van der Waals surface area contributed by atoms with Crippen LogP contribution in [-0.2, 0) is 9.59 Å². The van der Waals surface area contributed by atoms with Crippen molar-refractivity contribution in [1.82, 2.24) is 14.7 Å². The molecule has 92 valence electrons. The van der Waals surface area contributed by atoms with Gasteiger partial charge in [-0.25, -0.2) is 9.78 Å². The number of pyridine rings is 1. The number of rotatable bonds is 2. The van der Waals surface area contributed by atoms with E-state index in [1.54, 1.807) is 6.20 Å². The lowest BCUT2D eigenvalue weighted by atomic mass is 9.97. The third kappa shape index (κ3) is 1.62. The summed E-state index contributed by atoms with van der Waals surface area (Å²) in [4.78, 5) is 26.8. The monoisotopic (exact) mass is 245 g/mol. The minimum Gasteiger partial charge on any atom is -0.480 e. The van der Waals surface area contributed by atoms with E-state index in [2.05, 4.69) is 10.3 Å². The molecule has 1 saturated heterocycles. The minimum absolute atomic E-state index is 0.168. The minimum atomic E-state index is -1.03. The van der Waals surface area contributed by atoms with Crippen LogP contribution in [0, 0.1) is 0 Å². The van der Waals surface area contributed by atoms with Crippen LogP contribution in [-0.4, -0.2) is 32.4 Å². The van der Waals surface area contributed by atoms with Gasteiger partial charge in [0.15, 0.2) is 0 Å². The number of carboxylic acids is 1. The van der Waals surface area contributed by atoms with Gasteiger partial charge in [0.05, 0.1) is 5.69 Å². The average Bonchev–Trinajstić information content (AvgIpc) is 2.91. The fourth-order valence-corrected chi connectivity index (χ4v) is 2.29. The second-order valence-electron chi connectivity index (χ2n) is 4.33. The lowest BCUT2D eigenvalue weighted by Gasteiger charge is -2.11. The number of imidazole rings is 1. The molecule has 0 aromatic carbocycles. The lowest BCUT2D eigenvalue weighted by molar-refractivity contribution is -0.140. The van der Waals surface area contributed by atoms with E-state index in [1.165, 1.54) is 0 Å². The molecule has 1 amide bonds. The second kappa shape index (κ2) is 3.83. The number of aliphatic carboxylic acids is 1. The molecule has 0 radical (unpaired) electrons. The summed E-state index contributed by atoms with van der Waals surface area (Å²) in [6.07, 6.45) is 3.78. The van der Waals surface area contributed by atoms with Gasteiger partial charge in [-0.2, -0.15) is 0 Å². The molecule has 2 unspecified atom stereocenters. The van der Waals surface area contributed by atoms with E-state index < -0.39 is 17.9 Å². The molecule has 0 bridgehead atoms. The van der Waals surface area contributed by atoms with Crippen LogP contribution in [0.1, 0.15) is 18.0 Å². The Morgan fingerprint density at radius 3 is 3.06 bits per heavy atom. The molecule has 6 heteroatoms. The fraction of sp³-hybridized carbons (Fsp3) is 0.250. The molecule has 6 nitrogen and oxygen atoms in total. The van der Waals surface area contributed by atoms with Crippen molar-refractivity contribution >= 4 is 17.5 Å². The van der Waals surface area contributed by atoms with Gasteiger partial charge in [0.25, 0.3) is 0 Å². The Balaban J connectivity index is 2.02. The largest absolute Gasteiger partial charge is 0.480 e. The molecule has 1 fully saturated rings. The zero-order valence-electron chi connectivity index (χ0n) is 9.41. The standard InChI is InChI=1S/C12H11N3O3/c16-10-5-7(11(14-10)12(17)18)8-6-15-4-2-1-3-9(15)13-8/h1-4,6-7,11H,5H2,(H,14,16)(H,17,18). The predicted octanol–water partition coefficient (Wildman–Crippen LogP) is 0.391. The van der Waals surface area contributed by atoms with Gasteiger partial charge in [-0.1, -0.05) is 6.07 Å². The highest BCUT2D eigenvalue weighted by atomic mass is 16.4. The number of aromatic nitrogens is 2. The highest BCUT2D eigenvalue weighted by molar-refractivity contribution is 5.89. The maximum absolute atomic E-state index is 11.3. The topological polar surface area (TPSA) is 83.7 Å². The van der Waals surface area contributed by atoms with Crippen molar-refractivity contribution in [3.05, 3.63) is 36.3 Å². The van der Waals surface area contributed by atoms with Crippen molar-refractivity contribution in [3.8, 4) is 0 Å². The number of hydrogen-bond donors (Lipinski definition) is 2. The third-order valence-corrected chi connectivity index (χ3v) is 3.15. The number of carbonyl (C=O) groups is 2. The van der Waals surface area contributed by atoms with Gasteiger partial charge in [0.1, 0.15) is 11.7 Å². The van der Waals surface area contributed by atoms with Gasteiger partial charge >= 0.3 is 5.97 Å². The molecule has 3 rings (SSSR count). The van der Waals surface area contributed by atoms with Gasteiger partial charge in [0.2, 0.25) is 5.91 Å². The molecule has 0 aliphatic carbocycles. The first-order chi connectivity index (χ1) is 8.65. The molecule has 3 heterocycles. The summed E-state index contributed by atoms with van der Waals surface area (Å²) >= 11 is 0. The number of fused-ring (bicyclic) bond motifs is 1. The van der Waals surface area contributed by atoms with Gasteiger partial charge in [0, 0.05) is 24.7 Å². The second-order valence-corrected chi connectivity index (χ2v) is 4.33. The number of amides is 1. The molecular weight excluding hydrogens is 234 g/mol. The molecule has 1 aliphatic heterocycles. The summed E-state index contributed by atoms with van der Waals surface area (Å²) in [6.45, 7) is 0. The Morgan fingerprint density at radius 1 is 1.50 bits per heavy atom. The lowest BCUT2D eigenvalue weighted by Crippen LogP contribution is -2.36. The summed E-state index contributed by atoms with van der Waals surface area (Å²) in [6, 6.07) is 4.68. The Labute approximate surface area is 102 Å². The summed E-state index contributed by atoms with van der Waals surface area (Å²) in [7, 11) is 0. The average molecular weight is 245 g/mol. The van der Waals surface area contributed by atoms with Crippen molar-refractivity contribution in [1.29, 1.82) is 0 Å². The molecular formula is C12H11N3O3. The maximum atomic E-state index is 11.3. The van der Waals surface area contributed by atoms with Crippen LogP contribution in [0.2, 0.25) is 0 Å². The molecule has 2 atom stereocenters. The van der Waals surface area contributed by atoms with Crippen molar-refractivity contribution in [2.45, 2.75) is 18.4 Å². The van der Waals surface area contributed by atoms with E-state index in [9.17, 15) is 9.59 Å². The van der Waals surface area contributed by atoms with Crippen molar-refractivity contribution in [3.63, 3.8) is 0 Å². The maximum Gasteiger partial charge on any atom is 0.326 e. The van der Waals surface area contributed by atoms with E-state index in [4.69, 9.17) is 5.11 Å². The van der Waals surface area contributed by atoms with Crippen molar-refractivity contribution in [2.75, 3.05) is 0 Å². The normalized spacial score (nSPS) is 23.2. The number of carboxylic acid groups (broad SMARTS) is 1. The van der Waals surface area contributed by atoms with Gasteiger partial charge in [-0.15, -0.1) is 0 Å². The van der Waals surface area contributed by atoms with Crippen molar-refractivity contribution < 1.29 is 14.7 Å². The first kappa shape index (κ1) is 10.8. The predicted molar refractivity (Wildman–Crippen MR) is 62.1 cm³/mol. The highest BCUT2D eigenvalue weighted by Gasteiger charge is 2.39.